The summed E-state index contributed by atoms with van der Waals surface area (Å²) in [5.41, 5.74) is 2.95. The van der Waals surface area contributed by atoms with Gasteiger partial charge in [-0.1, -0.05) is 91.0 Å². The molecule has 0 bridgehead atoms. The third kappa shape index (κ3) is 6.11. The van der Waals surface area contributed by atoms with Gasteiger partial charge in [0.25, 0.3) is 0 Å². The Labute approximate surface area is 220 Å². The van der Waals surface area contributed by atoms with Crippen molar-refractivity contribution in [3.8, 4) is 0 Å². The minimum absolute atomic E-state index is 0.113. The Morgan fingerprint density at radius 2 is 1.38 bits per heavy atom. The van der Waals surface area contributed by atoms with Crippen molar-refractivity contribution < 1.29 is 9.59 Å². The Morgan fingerprint density at radius 3 is 2.03 bits per heavy atom. The van der Waals surface area contributed by atoms with Gasteiger partial charge in [0.2, 0.25) is 11.8 Å². The number of carbonyl (C=O) groups is 2. The van der Waals surface area contributed by atoms with Gasteiger partial charge in [0.1, 0.15) is 0 Å². The van der Waals surface area contributed by atoms with E-state index in [-0.39, 0.29) is 17.9 Å². The van der Waals surface area contributed by atoms with Crippen molar-refractivity contribution in [2.24, 2.45) is 0 Å². The number of hydrogen-bond donors (Lipinski definition) is 1. The fourth-order valence-electron chi connectivity index (χ4n) is 5.86. The van der Waals surface area contributed by atoms with Gasteiger partial charge in [-0.2, -0.15) is 0 Å². The van der Waals surface area contributed by atoms with E-state index < -0.39 is 5.41 Å². The van der Waals surface area contributed by atoms with Crippen LogP contribution in [0.1, 0.15) is 42.4 Å². The van der Waals surface area contributed by atoms with Crippen LogP contribution < -0.4 is 5.32 Å². The molecular formula is C32H37N3O2. The van der Waals surface area contributed by atoms with Gasteiger partial charge >= 0.3 is 0 Å². The van der Waals surface area contributed by atoms with E-state index in [9.17, 15) is 9.59 Å². The molecule has 2 heterocycles. The monoisotopic (exact) mass is 495 g/mol. The second-order valence-electron chi connectivity index (χ2n) is 10.5. The van der Waals surface area contributed by atoms with Crippen LogP contribution in [0.4, 0.5) is 0 Å². The van der Waals surface area contributed by atoms with Crippen molar-refractivity contribution in [2.75, 3.05) is 26.2 Å². The molecule has 5 nitrogen and oxygen atoms in total. The lowest BCUT2D eigenvalue weighted by molar-refractivity contribution is -0.137. The quantitative estimate of drug-likeness (QED) is 0.498. The van der Waals surface area contributed by atoms with Crippen LogP contribution in [-0.4, -0.2) is 53.8 Å². The lowest BCUT2D eigenvalue weighted by Crippen LogP contribution is -2.55. The number of benzene rings is 3. The maximum atomic E-state index is 13.9. The molecule has 2 fully saturated rings. The van der Waals surface area contributed by atoms with E-state index in [1.807, 2.05) is 47.4 Å². The summed E-state index contributed by atoms with van der Waals surface area (Å²) in [6, 6.07) is 31.0. The minimum Gasteiger partial charge on any atom is -0.351 e. The zero-order valence-electron chi connectivity index (χ0n) is 21.5. The molecule has 192 valence electrons. The molecule has 1 N–H and O–H groups in total. The van der Waals surface area contributed by atoms with Crippen LogP contribution in [0.15, 0.2) is 91.0 Å². The summed E-state index contributed by atoms with van der Waals surface area (Å²) in [6.07, 6.45) is 3.53. The molecule has 0 radical (unpaired) electrons. The van der Waals surface area contributed by atoms with E-state index >= 15 is 0 Å². The zero-order chi connectivity index (χ0) is 25.5. The molecule has 37 heavy (non-hydrogen) atoms. The van der Waals surface area contributed by atoms with Crippen LogP contribution in [0.3, 0.4) is 0 Å². The van der Waals surface area contributed by atoms with Gasteiger partial charge in [0.05, 0.1) is 5.41 Å². The van der Waals surface area contributed by atoms with Crippen LogP contribution in [0, 0.1) is 0 Å². The van der Waals surface area contributed by atoms with Crippen molar-refractivity contribution in [3.05, 3.63) is 108 Å². The SMILES string of the molecule is O=C(CCc1ccccc1)N1CCC(C(=O)NC2CCN(Cc3ccccc3)C2)(c2ccccc2)CC1. The van der Waals surface area contributed by atoms with E-state index in [2.05, 4.69) is 58.7 Å². The summed E-state index contributed by atoms with van der Waals surface area (Å²) in [4.78, 5) is 31.2. The molecule has 3 aromatic rings. The van der Waals surface area contributed by atoms with E-state index in [4.69, 9.17) is 0 Å². The van der Waals surface area contributed by atoms with E-state index in [1.54, 1.807) is 0 Å². The normalized spacial score (nSPS) is 19.5. The molecule has 0 spiro atoms. The average Bonchev–Trinajstić information content (AvgIpc) is 3.39. The lowest BCUT2D eigenvalue weighted by atomic mass is 9.71. The summed E-state index contributed by atoms with van der Waals surface area (Å²) in [5, 5.41) is 3.41. The van der Waals surface area contributed by atoms with Gasteiger partial charge in [-0.15, -0.1) is 0 Å². The Balaban J connectivity index is 1.21. The van der Waals surface area contributed by atoms with E-state index in [1.165, 1.54) is 11.1 Å². The Kier molecular flexibility index (Phi) is 8.00. The Hall–Kier alpha value is -3.44. The van der Waals surface area contributed by atoms with Gasteiger partial charge in [-0.05, 0) is 42.4 Å². The fraction of sp³-hybridized carbons (Fsp3) is 0.375. The van der Waals surface area contributed by atoms with Crippen molar-refractivity contribution in [1.82, 2.24) is 15.1 Å². The predicted octanol–water partition coefficient (Wildman–Crippen LogP) is 4.57. The molecule has 2 aliphatic heterocycles. The summed E-state index contributed by atoms with van der Waals surface area (Å²) < 4.78 is 0. The van der Waals surface area contributed by atoms with Crippen LogP contribution in [0.25, 0.3) is 0 Å². The molecule has 1 unspecified atom stereocenters. The third-order valence-corrected chi connectivity index (χ3v) is 8.06. The maximum Gasteiger partial charge on any atom is 0.231 e. The van der Waals surface area contributed by atoms with Crippen LogP contribution in [0.5, 0.6) is 0 Å². The largest absolute Gasteiger partial charge is 0.351 e. The van der Waals surface area contributed by atoms with Crippen LogP contribution >= 0.6 is 0 Å². The highest BCUT2D eigenvalue weighted by Crippen LogP contribution is 2.36. The van der Waals surface area contributed by atoms with Gasteiger partial charge < -0.3 is 10.2 Å². The summed E-state index contributed by atoms with van der Waals surface area (Å²) in [6.45, 7) is 4.00. The van der Waals surface area contributed by atoms with Gasteiger partial charge in [-0.3, -0.25) is 14.5 Å². The summed E-state index contributed by atoms with van der Waals surface area (Å²) in [5.74, 6) is 0.292. The molecule has 3 aromatic carbocycles. The van der Waals surface area contributed by atoms with Crippen molar-refractivity contribution in [1.29, 1.82) is 0 Å². The first-order chi connectivity index (χ1) is 18.1. The number of piperidine rings is 1. The average molecular weight is 496 g/mol. The number of amides is 2. The van der Waals surface area contributed by atoms with Crippen molar-refractivity contribution in [2.45, 2.75) is 50.1 Å². The smallest absolute Gasteiger partial charge is 0.231 e. The second-order valence-corrected chi connectivity index (χ2v) is 10.5. The molecule has 2 amide bonds. The molecule has 0 aliphatic carbocycles. The molecule has 2 saturated heterocycles. The van der Waals surface area contributed by atoms with E-state index in [0.717, 1.165) is 38.0 Å². The third-order valence-electron chi connectivity index (χ3n) is 8.06. The standard InChI is InChI=1S/C32H37N3O2/c36-30(17-16-26-10-4-1-5-11-26)35-22-19-32(20-23-35,28-14-8-3-9-15-28)31(37)33-29-18-21-34(25-29)24-27-12-6-2-7-13-27/h1-15,29H,16-25H2,(H,33,37). The first-order valence-corrected chi connectivity index (χ1v) is 13.6. The van der Waals surface area contributed by atoms with E-state index in [0.29, 0.717) is 32.4 Å². The molecule has 5 rings (SSSR count). The first-order valence-electron chi connectivity index (χ1n) is 13.6. The molecule has 1 atom stereocenters. The van der Waals surface area contributed by atoms with Crippen LogP contribution in [-0.2, 0) is 28.0 Å². The molecule has 0 aromatic heterocycles. The molecule has 2 aliphatic rings. The number of carbonyl (C=O) groups excluding carboxylic acids is 2. The number of nitrogens with zero attached hydrogens (tertiary/aromatic N) is 2. The summed E-state index contributed by atoms with van der Waals surface area (Å²) >= 11 is 0. The van der Waals surface area contributed by atoms with Gasteiger partial charge in [0, 0.05) is 45.2 Å². The molecular weight excluding hydrogens is 458 g/mol. The number of nitrogens with one attached hydrogen (secondary N) is 1. The highest BCUT2D eigenvalue weighted by Gasteiger charge is 2.44. The van der Waals surface area contributed by atoms with Crippen molar-refractivity contribution >= 4 is 11.8 Å². The first kappa shape index (κ1) is 25.2. The van der Waals surface area contributed by atoms with Gasteiger partial charge in [-0.25, -0.2) is 0 Å². The summed E-state index contributed by atoms with van der Waals surface area (Å²) in [7, 11) is 0. The number of rotatable bonds is 8. The molecule has 0 saturated carbocycles. The topological polar surface area (TPSA) is 52.7 Å². The number of hydrogen-bond acceptors (Lipinski definition) is 3. The Bertz CT molecular complexity index is 1160. The zero-order valence-corrected chi connectivity index (χ0v) is 21.5. The number of likely N-dealkylation sites (tertiary alicyclic amines) is 2. The highest BCUT2D eigenvalue weighted by atomic mass is 16.2. The highest BCUT2D eigenvalue weighted by molar-refractivity contribution is 5.89. The van der Waals surface area contributed by atoms with Gasteiger partial charge in [0.15, 0.2) is 0 Å². The van der Waals surface area contributed by atoms with Crippen LogP contribution in [0.2, 0.25) is 0 Å². The predicted molar refractivity (Wildman–Crippen MR) is 147 cm³/mol. The minimum atomic E-state index is -0.593. The maximum absolute atomic E-state index is 13.9. The lowest BCUT2D eigenvalue weighted by Gasteiger charge is -2.41. The second kappa shape index (κ2) is 11.7. The van der Waals surface area contributed by atoms with Crippen molar-refractivity contribution in [3.63, 3.8) is 0 Å². The Morgan fingerprint density at radius 1 is 0.784 bits per heavy atom. The number of aryl methyl sites for hydroxylation is 1. The molecule has 5 heteroatoms. The fourth-order valence-corrected chi connectivity index (χ4v) is 5.86.